The first kappa shape index (κ1) is 48.0. The van der Waals surface area contributed by atoms with Gasteiger partial charge in [-0.15, -0.1) is 0 Å². The van der Waals surface area contributed by atoms with Gasteiger partial charge in [-0.25, -0.2) is 18.2 Å². The fourth-order valence-corrected chi connectivity index (χ4v) is 11.0. The second-order valence-electron chi connectivity index (χ2n) is 14.2. The molecule has 0 spiro atoms. The number of aromatic nitrogens is 2. The number of aromatic amines is 1. The first-order valence-corrected chi connectivity index (χ1v) is 24.6. The summed E-state index contributed by atoms with van der Waals surface area (Å²) < 4.78 is 66.4. The lowest BCUT2D eigenvalue weighted by Gasteiger charge is -2.24. The van der Waals surface area contributed by atoms with Crippen LogP contribution in [0, 0.1) is 12.8 Å². The molecule has 1 aliphatic heterocycles. The van der Waals surface area contributed by atoms with Crippen LogP contribution in [0.25, 0.3) is 0 Å². The number of ether oxygens (including phenoxy) is 1. The molecular formula is C36H67N2O12P3. The smallest absolute Gasteiger partial charge is 0.344 e. The average Bonchev–Trinajstić information content (AvgIpc) is 3.57. The summed E-state index contributed by atoms with van der Waals surface area (Å²) in [6.45, 7) is 7.25. The minimum atomic E-state index is -5.42. The minimum Gasteiger partial charge on any atom is -0.344 e. The van der Waals surface area contributed by atoms with Crippen molar-refractivity contribution in [3.05, 3.63) is 44.8 Å². The Morgan fingerprint density at radius 2 is 1.30 bits per heavy atom. The van der Waals surface area contributed by atoms with Crippen LogP contribution in [0.15, 0.2) is 27.9 Å². The number of hydrogen-bond acceptors (Lipinski definition) is 10. The maximum Gasteiger partial charge on any atom is 0.488 e. The van der Waals surface area contributed by atoms with E-state index in [9.17, 15) is 33.1 Å². The predicted octanol–water partition coefficient (Wildman–Crippen LogP) is 10.2. The number of unbranched alkanes of at least 4 members (excludes halogenated alkanes) is 16. The lowest BCUT2D eigenvalue weighted by Crippen LogP contribution is -2.33. The van der Waals surface area contributed by atoms with E-state index >= 15 is 0 Å². The highest BCUT2D eigenvalue weighted by Crippen LogP contribution is 2.69. The summed E-state index contributed by atoms with van der Waals surface area (Å²) in [5.74, 6) is 0.0585. The zero-order chi connectivity index (χ0) is 39.2. The topological polar surface area (TPSA) is 193 Å². The third kappa shape index (κ3) is 20.5. The van der Waals surface area contributed by atoms with E-state index in [2.05, 4.69) is 23.1 Å². The summed E-state index contributed by atoms with van der Waals surface area (Å²) in [4.78, 5) is 46.8. The van der Waals surface area contributed by atoms with E-state index in [1.807, 2.05) is 6.92 Å². The lowest BCUT2D eigenvalue weighted by atomic mass is 10.0. The third-order valence-electron chi connectivity index (χ3n) is 9.40. The largest absolute Gasteiger partial charge is 0.488 e. The van der Waals surface area contributed by atoms with Gasteiger partial charge in [0, 0.05) is 11.8 Å². The van der Waals surface area contributed by atoms with Crippen molar-refractivity contribution in [2.45, 2.75) is 168 Å². The van der Waals surface area contributed by atoms with Gasteiger partial charge >= 0.3 is 28.9 Å². The minimum absolute atomic E-state index is 0.0460. The fourth-order valence-electron chi connectivity index (χ4n) is 6.11. The molecule has 3 N–H and O–H groups in total. The van der Waals surface area contributed by atoms with Gasteiger partial charge in [0.25, 0.3) is 5.56 Å². The SMILES string of the molecule is CCCCCCCCCCCCCCCCCCP(=O)(OCC(CC)CCCC)OP(=O)(O)OP(=O)(O)OC[C@@H]1C=C[C@H](n2cc(C)c(=O)[nH]c2=O)O1. The third-order valence-corrected chi connectivity index (χ3v) is 14.7. The Kier molecular flexibility index (Phi) is 23.4. The zero-order valence-corrected chi connectivity index (χ0v) is 35.2. The molecule has 4 unspecified atom stereocenters. The van der Waals surface area contributed by atoms with Crippen LogP contribution in [0.1, 0.15) is 161 Å². The molecule has 2 heterocycles. The molecule has 0 saturated carbocycles. The van der Waals surface area contributed by atoms with Crippen LogP contribution in [-0.2, 0) is 36.1 Å². The molecule has 2 rings (SSSR count). The van der Waals surface area contributed by atoms with Gasteiger partial charge in [-0.1, -0.05) is 142 Å². The van der Waals surface area contributed by atoms with Crippen molar-refractivity contribution in [1.82, 2.24) is 9.55 Å². The van der Waals surface area contributed by atoms with Gasteiger partial charge in [-0.2, -0.15) is 4.31 Å². The molecule has 0 radical (unpaired) electrons. The Balaban J connectivity index is 1.82. The number of nitrogens with one attached hydrogen (secondary N) is 1. The van der Waals surface area contributed by atoms with Gasteiger partial charge in [0.05, 0.1) is 19.4 Å². The maximum atomic E-state index is 13.8. The molecule has 308 valence electrons. The van der Waals surface area contributed by atoms with Crippen LogP contribution in [0.4, 0.5) is 0 Å². The summed E-state index contributed by atoms with van der Waals surface area (Å²) in [5, 5.41) is 0. The number of H-pyrrole nitrogens is 1. The molecular weight excluding hydrogens is 745 g/mol. The number of phosphoric ester groups is 1. The summed E-state index contributed by atoms with van der Waals surface area (Å²) in [5.41, 5.74) is -0.979. The van der Waals surface area contributed by atoms with Crippen LogP contribution in [-0.4, -0.2) is 44.8 Å². The number of rotatable bonds is 32. The van der Waals surface area contributed by atoms with Crippen molar-refractivity contribution < 1.29 is 45.9 Å². The van der Waals surface area contributed by atoms with Crippen molar-refractivity contribution in [3.63, 3.8) is 0 Å². The molecule has 6 atom stereocenters. The van der Waals surface area contributed by atoms with E-state index in [0.29, 0.717) is 6.42 Å². The van der Waals surface area contributed by atoms with E-state index < -0.39 is 53.4 Å². The molecule has 0 saturated heterocycles. The van der Waals surface area contributed by atoms with Crippen molar-refractivity contribution in [1.29, 1.82) is 0 Å². The molecule has 53 heavy (non-hydrogen) atoms. The Morgan fingerprint density at radius 1 is 0.755 bits per heavy atom. The van der Waals surface area contributed by atoms with Crippen molar-refractivity contribution >= 4 is 23.2 Å². The van der Waals surface area contributed by atoms with Crippen LogP contribution in [0.5, 0.6) is 0 Å². The van der Waals surface area contributed by atoms with E-state index in [-0.39, 0.29) is 24.3 Å². The molecule has 14 nitrogen and oxygen atoms in total. The van der Waals surface area contributed by atoms with Gasteiger partial charge in [0.15, 0.2) is 6.23 Å². The Bertz CT molecular complexity index is 1470. The molecule has 0 bridgehead atoms. The Morgan fingerprint density at radius 3 is 1.85 bits per heavy atom. The van der Waals surface area contributed by atoms with Crippen molar-refractivity contribution in [2.24, 2.45) is 5.92 Å². The van der Waals surface area contributed by atoms with Gasteiger partial charge in [-0.05, 0) is 31.8 Å². The van der Waals surface area contributed by atoms with Gasteiger partial charge in [0.1, 0.15) is 6.10 Å². The summed E-state index contributed by atoms with van der Waals surface area (Å²) in [6, 6.07) is 0. The van der Waals surface area contributed by atoms with E-state index in [0.717, 1.165) is 55.9 Å². The summed E-state index contributed by atoms with van der Waals surface area (Å²) in [7, 11) is -14.9. The normalized spacial score (nSPS) is 19.9. The quantitative estimate of drug-likeness (QED) is 0.0355. The van der Waals surface area contributed by atoms with E-state index in [1.54, 1.807) is 0 Å². The van der Waals surface area contributed by atoms with Crippen LogP contribution in [0.2, 0.25) is 0 Å². The Labute approximate surface area is 316 Å². The molecule has 17 heteroatoms. The second kappa shape index (κ2) is 25.9. The van der Waals surface area contributed by atoms with E-state index in [4.69, 9.17) is 18.1 Å². The molecule has 1 aromatic heterocycles. The summed E-state index contributed by atoms with van der Waals surface area (Å²) in [6.07, 6.45) is 24.3. The summed E-state index contributed by atoms with van der Waals surface area (Å²) >= 11 is 0. The maximum absolute atomic E-state index is 13.8. The number of phosphoric acid groups is 2. The first-order valence-electron chi connectivity index (χ1n) is 19.8. The molecule has 1 aliphatic rings. The highest BCUT2D eigenvalue weighted by Gasteiger charge is 2.43. The van der Waals surface area contributed by atoms with Crippen LogP contribution in [0.3, 0.4) is 0 Å². The monoisotopic (exact) mass is 812 g/mol. The van der Waals surface area contributed by atoms with Crippen LogP contribution >= 0.6 is 23.2 Å². The highest BCUT2D eigenvalue weighted by atomic mass is 31.3. The number of hydrogen-bond donors (Lipinski definition) is 3. The van der Waals surface area contributed by atoms with Crippen molar-refractivity contribution in [2.75, 3.05) is 19.4 Å². The fraction of sp³-hybridized carbons (Fsp3) is 0.833. The molecule has 1 aromatic rings. The zero-order valence-electron chi connectivity index (χ0n) is 32.5. The van der Waals surface area contributed by atoms with Gasteiger partial charge in [0.2, 0.25) is 0 Å². The highest BCUT2D eigenvalue weighted by molar-refractivity contribution is 7.68. The molecule has 0 aromatic carbocycles. The lowest BCUT2D eigenvalue weighted by molar-refractivity contribution is -0.0104. The molecule has 0 amide bonds. The van der Waals surface area contributed by atoms with E-state index in [1.165, 1.54) is 95.9 Å². The molecule has 0 fully saturated rings. The van der Waals surface area contributed by atoms with Crippen molar-refractivity contribution in [3.8, 4) is 0 Å². The van der Waals surface area contributed by atoms with Crippen LogP contribution < -0.4 is 11.2 Å². The standard InChI is InChI=1S/C36H67N2O12P3/c1-5-8-10-11-12-13-14-15-16-17-18-19-20-21-22-23-27-51(41,46-29-32(7-3)24-9-6-2)49-53(44,45)50-52(42,43)47-30-33-25-26-34(48-33)38-28-31(4)35(39)37-36(38)40/h25-26,28,32-34H,5-24,27,29-30H2,1-4H3,(H,42,43)(H,44,45)(H,37,39,40)/t32?,33-,34+,51?/m0/s1. The second-order valence-corrected chi connectivity index (χ2v) is 19.5. The molecule has 0 aliphatic carbocycles. The predicted molar refractivity (Wildman–Crippen MR) is 208 cm³/mol. The number of aryl methyl sites for hydroxylation is 1. The average molecular weight is 813 g/mol. The Hall–Kier alpha value is -1.17. The van der Waals surface area contributed by atoms with Gasteiger partial charge < -0.3 is 19.0 Å². The van der Waals surface area contributed by atoms with Gasteiger partial charge in [-0.3, -0.25) is 23.4 Å². The first-order chi connectivity index (χ1) is 25.2. The number of nitrogens with zero attached hydrogens (tertiary/aromatic N) is 1.